The monoisotopic (exact) mass is 303 g/mol. The summed E-state index contributed by atoms with van der Waals surface area (Å²) in [6.45, 7) is 1.26. The maximum Gasteiger partial charge on any atom is 0.412 e. The number of nitrogens with zero attached hydrogens (tertiary/aromatic N) is 1. The molecule has 7 heteroatoms. The van der Waals surface area contributed by atoms with Crippen molar-refractivity contribution >= 4 is 11.9 Å². The van der Waals surface area contributed by atoms with Gasteiger partial charge in [0.05, 0.1) is 19.8 Å². The fraction of sp³-hybridized carbons (Fsp3) is 0.267. The predicted octanol–water partition coefficient (Wildman–Crippen LogP) is 1.93. The van der Waals surface area contributed by atoms with E-state index in [9.17, 15) is 9.59 Å². The van der Waals surface area contributed by atoms with Crippen LogP contribution in [0.25, 0.3) is 0 Å². The lowest BCUT2D eigenvalue weighted by Crippen LogP contribution is -2.19. The molecule has 7 nitrogen and oxygen atoms in total. The number of H-pyrrole nitrogens is 1. The molecule has 1 amide bonds. The van der Waals surface area contributed by atoms with E-state index in [1.54, 1.807) is 0 Å². The Bertz CT molecular complexity index is 642. The number of carbonyl (C=O) groups is 1. The highest BCUT2D eigenvalue weighted by Gasteiger charge is 2.03. The van der Waals surface area contributed by atoms with Crippen molar-refractivity contribution in [2.75, 3.05) is 18.5 Å². The molecule has 0 bridgehead atoms. The van der Waals surface area contributed by atoms with E-state index >= 15 is 0 Å². The lowest BCUT2D eigenvalue weighted by atomic mass is 10.2. The smallest absolute Gasteiger partial charge is 0.412 e. The van der Waals surface area contributed by atoms with E-state index in [1.807, 2.05) is 30.3 Å². The standard InChI is InChI=1S/C15H17N3O4/c19-14-16-8-7-13(17-14)18-15(20)22-10-4-9-21-11-12-5-2-1-3-6-12/h1-3,5-8H,4,9-11H2,(H2,16,17,18,19,20). The van der Waals surface area contributed by atoms with Crippen LogP contribution in [-0.2, 0) is 16.1 Å². The Morgan fingerprint density at radius 3 is 2.77 bits per heavy atom. The lowest BCUT2D eigenvalue weighted by molar-refractivity contribution is 0.0960. The summed E-state index contributed by atoms with van der Waals surface area (Å²) in [5.41, 5.74) is 0.565. The SMILES string of the molecule is O=C(Nc1ccnc(=O)[nH]1)OCCCOCc1ccccc1. The maximum atomic E-state index is 11.5. The first-order valence-electron chi connectivity index (χ1n) is 6.85. The second-order valence-corrected chi connectivity index (χ2v) is 4.44. The second-order valence-electron chi connectivity index (χ2n) is 4.44. The van der Waals surface area contributed by atoms with Crippen LogP contribution >= 0.6 is 0 Å². The average molecular weight is 303 g/mol. The summed E-state index contributed by atoms with van der Waals surface area (Å²) in [6.07, 6.45) is 1.25. The van der Waals surface area contributed by atoms with Crippen LogP contribution in [0.15, 0.2) is 47.4 Å². The molecule has 22 heavy (non-hydrogen) atoms. The summed E-state index contributed by atoms with van der Waals surface area (Å²) < 4.78 is 10.4. The highest BCUT2D eigenvalue weighted by atomic mass is 16.5. The van der Waals surface area contributed by atoms with Crippen molar-refractivity contribution in [2.24, 2.45) is 0 Å². The molecule has 0 saturated carbocycles. The predicted molar refractivity (Wildman–Crippen MR) is 80.5 cm³/mol. The molecule has 0 aliphatic carbocycles. The summed E-state index contributed by atoms with van der Waals surface area (Å²) in [6, 6.07) is 11.3. The van der Waals surface area contributed by atoms with Gasteiger partial charge in [0.15, 0.2) is 0 Å². The number of hydrogen-bond donors (Lipinski definition) is 2. The molecule has 116 valence electrons. The molecule has 2 N–H and O–H groups in total. The molecule has 0 atom stereocenters. The number of nitrogens with one attached hydrogen (secondary N) is 2. The minimum Gasteiger partial charge on any atom is -0.449 e. The zero-order valence-corrected chi connectivity index (χ0v) is 12.0. The molecule has 0 aliphatic rings. The Morgan fingerprint density at radius 2 is 2.00 bits per heavy atom. The van der Waals surface area contributed by atoms with Crippen molar-refractivity contribution in [3.63, 3.8) is 0 Å². The summed E-state index contributed by atoms with van der Waals surface area (Å²) in [5, 5.41) is 2.40. The fourth-order valence-electron chi connectivity index (χ4n) is 1.68. The van der Waals surface area contributed by atoms with Gasteiger partial charge in [0, 0.05) is 12.6 Å². The van der Waals surface area contributed by atoms with Gasteiger partial charge in [0.25, 0.3) is 0 Å². The van der Waals surface area contributed by atoms with Crippen LogP contribution in [0.3, 0.4) is 0 Å². The molecular weight excluding hydrogens is 286 g/mol. The van der Waals surface area contributed by atoms with Crippen LogP contribution < -0.4 is 11.0 Å². The van der Waals surface area contributed by atoms with Crippen LogP contribution in [0.2, 0.25) is 0 Å². The number of hydrogen-bond acceptors (Lipinski definition) is 5. The van der Waals surface area contributed by atoms with Gasteiger partial charge in [0.1, 0.15) is 5.82 Å². The number of benzene rings is 1. The van der Waals surface area contributed by atoms with Gasteiger partial charge in [0.2, 0.25) is 0 Å². The molecule has 0 fully saturated rings. The Hall–Kier alpha value is -2.67. The lowest BCUT2D eigenvalue weighted by Gasteiger charge is -2.07. The molecule has 0 saturated heterocycles. The summed E-state index contributed by atoms with van der Waals surface area (Å²) in [7, 11) is 0. The van der Waals surface area contributed by atoms with Gasteiger partial charge >= 0.3 is 11.8 Å². The van der Waals surface area contributed by atoms with Crippen molar-refractivity contribution in [1.29, 1.82) is 0 Å². The van der Waals surface area contributed by atoms with E-state index in [0.717, 1.165) is 5.56 Å². The quantitative estimate of drug-likeness (QED) is 0.762. The third-order valence-electron chi connectivity index (χ3n) is 2.69. The van der Waals surface area contributed by atoms with Crippen LogP contribution in [-0.4, -0.2) is 29.3 Å². The second kappa shape index (κ2) is 8.58. The Kier molecular flexibility index (Phi) is 6.13. The van der Waals surface area contributed by atoms with Gasteiger partial charge in [-0.05, 0) is 11.6 Å². The summed E-state index contributed by atoms with van der Waals surface area (Å²) in [4.78, 5) is 28.2. The van der Waals surface area contributed by atoms with Gasteiger partial charge in [-0.2, -0.15) is 0 Å². The van der Waals surface area contributed by atoms with E-state index in [0.29, 0.717) is 19.6 Å². The van der Waals surface area contributed by atoms with Gasteiger partial charge in [-0.15, -0.1) is 0 Å². The van der Waals surface area contributed by atoms with E-state index in [-0.39, 0.29) is 12.4 Å². The molecule has 0 spiro atoms. The maximum absolute atomic E-state index is 11.5. The van der Waals surface area contributed by atoms with Crippen LogP contribution in [0, 0.1) is 0 Å². The summed E-state index contributed by atoms with van der Waals surface area (Å²) >= 11 is 0. The number of aromatic nitrogens is 2. The van der Waals surface area contributed by atoms with E-state index < -0.39 is 11.8 Å². The van der Waals surface area contributed by atoms with Crippen molar-refractivity contribution in [1.82, 2.24) is 9.97 Å². The molecule has 1 heterocycles. The van der Waals surface area contributed by atoms with Crippen molar-refractivity contribution < 1.29 is 14.3 Å². The number of anilines is 1. The molecule has 1 aromatic carbocycles. The van der Waals surface area contributed by atoms with E-state index in [4.69, 9.17) is 9.47 Å². The normalized spacial score (nSPS) is 10.2. The summed E-state index contributed by atoms with van der Waals surface area (Å²) in [5.74, 6) is 0.241. The highest BCUT2D eigenvalue weighted by Crippen LogP contribution is 2.01. The van der Waals surface area contributed by atoms with Gasteiger partial charge in [-0.3, -0.25) is 10.3 Å². The molecule has 0 aliphatic heterocycles. The highest BCUT2D eigenvalue weighted by molar-refractivity contribution is 5.83. The van der Waals surface area contributed by atoms with E-state index in [1.165, 1.54) is 12.3 Å². The van der Waals surface area contributed by atoms with Gasteiger partial charge in [-0.25, -0.2) is 14.6 Å². The number of rotatable bonds is 7. The number of aromatic amines is 1. The molecule has 2 aromatic rings. The van der Waals surface area contributed by atoms with Crippen LogP contribution in [0.5, 0.6) is 0 Å². The largest absolute Gasteiger partial charge is 0.449 e. The van der Waals surface area contributed by atoms with Gasteiger partial charge in [-0.1, -0.05) is 30.3 Å². The minimum absolute atomic E-state index is 0.232. The topological polar surface area (TPSA) is 93.3 Å². The van der Waals surface area contributed by atoms with Crippen molar-refractivity contribution in [3.8, 4) is 0 Å². The Labute approximate surface area is 127 Å². The Balaban J connectivity index is 1.56. The number of carbonyl (C=O) groups excluding carboxylic acids is 1. The zero-order chi connectivity index (χ0) is 15.6. The molecule has 1 aromatic heterocycles. The van der Waals surface area contributed by atoms with Crippen LogP contribution in [0.4, 0.5) is 10.6 Å². The molecule has 0 radical (unpaired) electrons. The van der Waals surface area contributed by atoms with Crippen molar-refractivity contribution in [3.05, 3.63) is 58.6 Å². The Morgan fingerprint density at radius 1 is 1.18 bits per heavy atom. The van der Waals surface area contributed by atoms with Crippen molar-refractivity contribution in [2.45, 2.75) is 13.0 Å². The minimum atomic E-state index is -0.634. The first kappa shape index (κ1) is 15.7. The third kappa shape index (κ3) is 5.76. The third-order valence-corrected chi connectivity index (χ3v) is 2.69. The average Bonchev–Trinajstić information content (AvgIpc) is 2.52. The van der Waals surface area contributed by atoms with E-state index in [2.05, 4.69) is 15.3 Å². The number of ether oxygens (including phenoxy) is 2. The van der Waals surface area contributed by atoms with Gasteiger partial charge < -0.3 is 9.47 Å². The molecular formula is C15H17N3O4. The molecule has 2 rings (SSSR count). The zero-order valence-electron chi connectivity index (χ0n) is 12.0. The van der Waals surface area contributed by atoms with Crippen LogP contribution in [0.1, 0.15) is 12.0 Å². The fourth-order valence-corrected chi connectivity index (χ4v) is 1.68. The first-order valence-corrected chi connectivity index (χ1v) is 6.85. The first-order chi connectivity index (χ1) is 10.7. The number of amides is 1. The molecule has 0 unspecified atom stereocenters.